The lowest BCUT2D eigenvalue weighted by Crippen LogP contribution is -2.14. The monoisotopic (exact) mass is 432 g/mol. The van der Waals surface area contributed by atoms with Crippen molar-refractivity contribution in [2.45, 2.75) is 33.6 Å². The van der Waals surface area contributed by atoms with E-state index < -0.39 is 0 Å². The molecule has 0 fully saturated rings. The number of benzene rings is 2. The first-order valence-electron chi connectivity index (χ1n) is 9.02. The summed E-state index contributed by atoms with van der Waals surface area (Å²) in [6, 6.07) is 12.4. The second kappa shape index (κ2) is 10.1. The Labute approximate surface area is 168 Å². The van der Waals surface area contributed by atoms with Crippen LogP contribution in [0.3, 0.4) is 0 Å². The molecule has 0 aromatic heterocycles. The van der Waals surface area contributed by atoms with E-state index in [9.17, 15) is 9.59 Å². The van der Waals surface area contributed by atoms with Crippen LogP contribution in [0.25, 0.3) is 0 Å². The third-order valence-electron chi connectivity index (χ3n) is 3.89. The molecule has 5 nitrogen and oxygen atoms in total. The van der Waals surface area contributed by atoms with Crippen LogP contribution < -0.4 is 15.4 Å². The standard InChI is InChI=1S/C21H25BrN2O3/c1-4-20(25)23-16-6-8-17(9-7-16)24-21(26)18-13-15(22)5-10-19(18)27-12-11-14(2)3/h5-10,13-14H,4,11-12H2,1-3H3,(H,23,25)(H,24,26). The molecule has 6 heteroatoms. The summed E-state index contributed by atoms with van der Waals surface area (Å²) in [6.07, 6.45) is 1.34. The largest absolute Gasteiger partial charge is 0.493 e. The molecule has 0 heterocycles. The Morgan fingerprint density at radius 1 is 1.04 bits per heavy atom. The fourth-order valence-corrected chi connectivity index (χ4v) is 2.66. The molecule has 2 aromatic rings. The van der Waals surface area contributed by atoms with Gasteiger partial charge in [0, 0.05) is 22.3 Å². The van der Waals surface area contributed by atoms with Crippen LogP contribution in [0.5, 0.6) is 5.75 Å². The molecule has 0 bridgehead atoms. The fraction of sp³-hybridized carbons (Fsp3) is 0.333. The first-order chi connectivity index (χ1) is 12.9. The topological polar surface area (TPSA) is 67.4 Å². The van der Waals surface area contributed by atoms with Crippen molar-refractivity contribution in [3.05, 3.63) is 52.5 Å². The SMILES string of the molecule is CCC(=O)Nc1ccc(NC(=O)c2cc(Br)ccc2OCCC(C)C)cc1. The molecule has 2 aromatic carbocycles. The van der Waals surface area contributed by atoms with Gasteiger partial charge in [0.2, 0.25) is 5.91 Å². The molecule has 0 saturated heterocycles. The molecule has 0 radical (unpaired) electrons. The van der Waals surface area contributed by atoms with E-state index in [4.69, 9.17) is 4.74 Å². The highest BCUT2D eigenvalue weighted by Gasteiger charge is 2.14. The van der Waals surface area contributed by atoms with Gasteiger partial charge in [-0.05, 0) is 54.8 Å². The number of carbonyl (C=O) groups excluding carboxylic acids is 2. The van der Waals surface area contributed by atoms with Crippen LogP contribution in [0.4, 0.5) is 11.4 Å². The average molecular weight is 433 g/mol. The zero-order valence-corrected chi connectivity index (χ0v) is 17.4. The number of nitrogens with one attached hydrogen (secondary N) is 2. The summed E-state index contributed by atoms with van der Waals surface area (Å²) in [6.45, 7) is 6.62. The predicted molar refractivity (Wildman–Crippen MR) is 112 cm³/mol. The van der Waals surface area contributed by atoms with E-state index in [-0.39, 0.29) is 11.8 Å². The molecule has 0 aliphatic heterocycles. The normalized spacial score (nSPS) is 10.6. The maximum absolute atomic E-state index is 12.7. The number of amides is 2. The van der Waals surface area contributed by atoms with Gasteiger partial charge < -0.3 is 15.4 Å². The number of ether oxygens (including phenoxy) is 1. The summed E-state index contributed by atoms with van der Waals surface area (Å²) >= 11 is 3.40. The van der Waals surface area contributed by atoms with Gasteiger partial charge in [-0.15, -0.1) is 0 Å². The second-order valence-electron chi connectivity index (χ2n) is 6.60. The van der Waals surface area contributed by atoms with Gasteiger partial charge in [0.25, 0.3) is 5.91 Å². The van der Waals surface area contributed by atoms with Crippen LogP contribution in [-0.2, 0) is 4.79 Å². The average Bonchev–Trinajstić information content (AvgIpc) is 2.64. The van der Waals surface area contributed by atoms with Crippen LogP contribution in [0.2, 0.25) is 0 Å². The van der Waals surface area contributed by atoms with Gasteiger partial charge in [0.1, 0.15) is 5.75 Å². The highest BCUT2D eigenvalue weighted by Crippen LogP contribution is 2.25. The summed E-state index contributed by atoms with van der Waals surface area (Å²) in [5.74, 6) is 0.790. The van der Waals surface area contributed by atoms with Crippen molar-refractivity contribution in [2.75, 3.05) is 17.2 Å². The Hall–Kier alpha value is -2.34. The minimum absolute atomic E-state index is 0.0518. The molecule has 0 atom stereocenters. The maximum Gasteiger partial charge on any atom is 0.259 e. The lowest BCUT2D eigenvalue weighted by atomic mass is 10.1. The Bertz CT molecular complexity index is 789. The Morgan fingerprint density at radius 3 is 2.26 bits per heavy atom. The van der Waals surface area contributed by atoms with Gasteiger partial charge >= 0.3 is 0 Å². The minimum atomic E-state index is -0.249. The number of rotatable bonds is 8. The summed E-state index contributed by atoms with van der Waals surface area (Å²) in [5, 5.41) is 5.64. The molecule has 0 saturated carbocycles. The van der Waals surface area contributed by atoms with Crippen LogP contribution in [-0.4, -0.2) is 18.4 Å². The first-order valence-corrected chi connectivity index (χ1v) is 9.82. The quantitative estimate of drug-likeness (QED) is 0.580. The molecule has 27 heavy (non-hydrogen) atoms. The van der Waals surface area contributed by atoms with Crippen LogP contribution in [0.1, 0.15) is 44.0 Å². The van der Waals surface area contributed by atoms with Gasteiger partial charge in [-0.1, -0.05) is 36.7 Å². The number of halogens is 1. The van der Waals surface area contributed by atoms with Crippen molar-refractivity contribution in [1.82, 2.24) is 0 Å². The zero-order valence-electron chi connectivity index (χ0n) is 15.8. The van der Waals surface area contributed by atoms with E-state index in [1.807, 2.05) is 6.07 Å². The van der Waals surface area contributed by atoms with E-state index in [0.29, 0.717) is 41.6 Å². The van der Waals surface area contributed by atoms with E-state index in [0.717, 1.165) is 10.9 Å². The molecule has 0 aliphatic carbocycles. The molecule has 0 unspecified atom stereocenters. The van der Waals surface area contributed by atoms with E-state index in [1.54, 1.807) is 43.3 Å². The van der Waals surface area contributed by atoms with Crippen LogP contribution in [0, 0.1) is 5.92 Å². The molecular weight excluding hydrogens is 408 g/mol. The second-order valence-corrected chi connectivity index (χ2v) is 7.52. The minimum Gasteiger partial charge on any atom is -0.493 e. The smallest absolute Gasteiger partial charge is 0.259 e. The summed E-state index contributed by atoms with van der Waals surface area (Å²) in [4.78, 5) is 24.1. The van der Waals surface area contributed by atoms with Crippen molar-refractivity contribution < 1.29 is 14.3 Å². The third-order valence-corrected chi connectivity index (χ3v) is 4.38. The van der Waals surface area contributed by atoms with E-state index in [2.05, 4.69) is 40.4 Å². The Kier molecular flexibility index (Phi) is 7.85. The van der Waals surface area contributed by atoms with E-state index >= 15 is 0 Å². The third kappa shape index (κ3) is 6.71. The number of carbonyl (C=O) groups is 2. The number of hydrogen-bond donors (Lipinski definition) is 2. The molecule has 0 spiro atoms. The Morgan fingerprint density at radius 2 is 1.67 bits per heavy atom. The summed E-state index contributed by atoms with van der Waals surface area (Å²) in [7, 11) is 0. The van der Waals surface area contributed by atoms with Crippen LogP contribution >= 0.6 is 15.9 Å². The molecule has 144 valence electrons. The van der Waals surface area contributed by atoms with Gasteiger partial charge in [0.05, 0.1) is 12.2 Å². The first kappa shape index (κ1) is 21.0. The molecular formula is C21H25BrN2O3. The fourth-order valence-electron chi connectivity index (χ4n) is 2.29. The maximum atomic E-state index is 12.7. The zero-order chi connectivity index (χ0) is 19.8. The summed E-state index contributed by atoms with van der Waals surface area (Å²) in [5.41, 5.74) is 1.80. The highest BCUT2D eigenvalue weighted by atomic mass is 79.9. The molecule has 0 aliphatic rings. The van der Waals surface area contributed by atoms with Crippen molar-refractivity contribution >= 4 is 39.1 Å². The van der Waals surface area contributed by atoms with Crippen molar-refractivity contribution in [1.29, 1.82) is 0 Å². The van der Waals surface area contributed by atoms with Crippen molar-refractivity contribution in [3.63, 3.8) is 0 Å². The van der Waals surface area contributed by atoms with Gasteiger partial charge in [-0.3, -0.25) is 9.59 Å². The van der Waals surface area contributed by atoms with E-state index in [1.165, 1.54) is 0 Å². The van der Waals surface area contributed by atoms with Gasteiger partial charge in [-0.2, -0.15) is 0 Å². The van der Waals surface area contributed by atoms with Crippen molar-refractivity contribution in [3.8, 4) is 5.75 Å². The van der Waals surface area contributed by atoms with Gasteiger partial charge in [-0.25, -0.2) is 0 Å². The Balaban J connectivity index is 2.08. The number of hydrogen-bond acceptors (Lipinski definition) is 3. The van der Waals surface area contributed by atoms with Crippen LogP contribution in [0.15, 0.2) is 46.9 Å². The van der Waals surface area contributed by atoms with Crippen molar-refractivity contribution in [2.24, 2.45) is 5.92 Å². The highest BCUT2D eigenvalue weighted by molar-refractivity contribution is 9.10. The molecule has 2 N–H and O–H groups in total. The molecule has 2 rings (SSSR count). The molecule has 2 amide bonds. The summed E-state index contributed by atoms with van der Waals surface area (Å²) < 4.78 is 6.61. The predicted octanol–water partition coefficient (Wildman–Crippen LogP) is 5.47. The number of anilines is 2. The van der Waals surface area contributed by atoms with Gasteiger partial charge in [0.15, 0.2) is 0 Å². The lowest BCUT2D eigenvalue weighted by Gasteiger charge is -2.13. The lowest BCUT2D eigenvalue weighted by molar-refractivity contribution is -0.115.